The number of allylic oxidation sites excluding steroid dienone is 2. The lowest BCUT2D eigenvalue weighted by molar-refractivity contribution is -0.117. The zero-order valence-electron chi connectivity index (χ0n) is 13.1. The van der Waals surface area contributed by atoms with Gasteiger partial charge in [0, 0.05) is 17.3 Å². The largest absolute Gasteiger partial charge is 0.488 e. The molecule has 124 valence electrons. The van der Waals surface area contributed by atoms with E-state index in [0.29, 0.717) is 24.6 Å². The van der Waals surface area contributed by atoms with Crippen molar-refractivity contribution >= 4 is 34.3 Å². The lowest BCUT2D eigenvalue weighted by Gasteiger charge is -2.21. The minimum Gasteiger partial charge on any atom is -0.488 e. The second-order valence-corrected chi connectivity index (χ2v) is 6.65. The Morgan fingerprint density at radius 1 is 1.25 bits per heavy atom. The third-order valence-electron chi connectivity index (χ3n) is 3.62. The molecule has 0 saturated heterocycles. The van der Waals surface area contributed by atoms with Crippen LogP contribution in [-0.4, -0.2) is 35.9 Å². The molecule has 0 bridgehead atoms. The van der Waals surface area contributed by atoms with E-state index in [4.69, 9.17) is 4.74 Å². The van der Waals surface area contributed by atoms with E-state index >= 15 is 0 Å². The summed E-state index contributed by atoms with van der Waals surface area (Å²) in [4.78, 5) is 20.8. The highest BCUT2D eigenvalue weighted by molar-refractivity contribution is 9.09. The number of alkyl halides is 1. The lowest BCUT2D eigenvalue weighted by Crippen LogP contribution is -2.40. The van der Waals surface area contributed by atoms with Gasteiger partial charge in [-0.15, -0.1) is 0 Å². The summed E-state index contributed by atoms with van der Waals surface area (Å²) in [5.74, 6) is 0.417. The topological polar surface area (TPSA) is 63.0 Å². The van der Waals surface area contributed by atoms with Gasteiger partial charge in [-0.2, -0.15) is 0 Å². The number of hydrogen-bond donors (Lipinski definition) is 1. The van der Waals surface area contributed by atoms with Crippen LogP contribution in [0.4, 0.5) is 0 Å². The molecule has 0 fully saturated rings. The maximum atomic E-state index is 12.6. The van der Waals surface area contributed by atoms with E-state index < -0.39 is 0 Å². The normalized spacial score (nSPS) is 20.3. The first-order valence-corrected chi connectivity index (χ1v) is 8.68. The van der Waals surface area contributed by atoms with Gasteiger partial charge in [0.2, 0.25) is 0 Å². The average Bonchev–Trinajstić information content (AvgIpc) is 2.62. The van der Waals surface area contributed by atoms with Crippen molar-refractivity contribution in [1.29, 1.82) is 0 Å². The van der Waals surface area contributed by atoms with E-state index in [9.17, 15) is 4.79 Å². The molecule has 1 atom stereocenters. The van der Waals surface area contributed by atoms with Gasteiger partial charge >= 0.3 is 0 Å². The van der Waals surface area contributed by atoms with Crippen LogP contribution in [0.1, 0.15) is 12.0 Å². The van der Waals surface area contributed by atoms with Crippen molar-refractivity contribution in [3.63, 3.8) is 0 Å². The molecule has 1 aromatic rings. The second kappa shape index (κ2) is 8.06. The summed E-state index contributed by atoms with van der Waals surface area (Å²) in [7, 11) is 0. The summed E-state index contributed by atoms with van der Waals surface area (Å²) in [6.45, 7) is 0.848. The van der Waals surface area contributed by atoms with Gasteiger partial charge in [0.15, 0.2) is 0 Å². The maximum Gasteiger partial charge on any atom is 0.255 e. The second-order valence-electron chi connectivity index (χ2n) is 5.48. The van der Waals surface area contributed by atoms with Crippen LogP contribution in [-0.2, 0) is 16.1 Å². The number of hydrogen-bond acceptors (Lipinski definition) is 4. The third kappa shape index (κ3) is 4.41. The van der Waals surface area contributed by atoms with Crippen molar-refractivity contribution < 1.29 is 9.53 Å². The molecular formula is C18H18BrN3O2. The molecule has 1 amide bonds. The maximum absolute atomic E-state index is 12.6. The zero-order valence-corrected chi connectivity index (χ0v) is 14.6. The SMILES string of the molecule is O=C(NC1C=NCN=C1)C1=CC(Br)CC=C1OCc1ccccc1. The minimum atomic E-state index is -0.279. The van der Waals surface area contributed by atoms with Crippen molar-refractivity contribution in [2.75, 3.05) is 6.67 Å². The van der Waals surface area contributed by atoms with Gasteiger partial charge in [0.25, 0.3) is 5.91 Å². The van der Waals surface area contributed by atoms with E-state index in [1.807, 2.05) is 42.5 Å². The molecule has 0 saturated carbocycles. The molecule has 1 aromatic carbocycles. The Bertz CT molecular complexity index is 698. The highest BCUT2D eigenvalue weighted by Crippen LogP contribution is 2.25. The molecule has 0 spiro atoms. The van der Waals surface area contributed by atoms with Gasteiger partial charge in [-0.05, 0) is 18.1 Å². The fourth-order valence-electron chi connectivity index (χ4n) is 2.43. The van der Waals surface area contributed by atoms with Crippen molar-refractivity contribution in [2.45, 2.75) is 23.9 Å². The van der Waals surface area contributed by atoms with Gasteiger partial charge in [-0.3, -0.25) is 14.8 Å². The van der Waals surface area contributed by atoms with Crippen molar-refractivity contribution in [3.05, 3.63) is 59.4 Å². The molecule has 1 aliphatic heterocycles. The molecule has 5 nitrogen and oxygen atoms in total. The average molecular weight is 388 g/mol. The van der Waals surface area contributed by atoms with Crippen LogP contribution in [0, 0.1) is 0 Å². The number of halogens is 1. The number of amides is 1. The lowest BCUT2D eigenvalue weighted by atomic mass is 10.0. The fourth-order valence-corrected chi connectivity index (χ4v) is 2.88. The number of nitrogens with zero attached hydrogens (tertiary/aromatic N) is 2. The Labute approximate surface area is 149 Å². The quantitative estimate of drug-likeness (QED) is 0.789. The van der Waals surface area contributed by atoms with Crippen LogP contribution in [0.15, 0.2) is 63.8 Å². The summed E-state index contributed by atoms with van der Waals surface area (Å²) in [5.41, 5.74) is 1.59. The number of rotatable bonds is 5. The Kier molecular flexibility index (Phi) is 5.59. The Balaban J connectivity index is 1.67. The molecule has 3 rings (SSSR count). The van der Waals surface area contributed by atoms with E-state index in [2.05, 4.69) is 31.2 Å². The fraction of sp³-hybridized carbons (Fsp3) is 0.278. The molecular weight excluding hydrogens is 370 g/mol. The third-order valence-corrected chi connectivity index (χ3v) is 4.25. The number of carbonyl (C=O) groups excluding carboxylic acids is 1. The highest BCUT2D eigenvalue weighted by atomic mass is 79.9. The molecule has 0 radical (unpaired) electrons. The molecule has 1 aliphatic carbocycles. The highest BCUT2D eigenvalue weighted by Gasteiger charge is 2.23. The van der Waals surface area contributed by atoms with Crippen LogP contribution in [0.2, 0.25) is 0 Å². The van der Waals surface area contributed by atoms with Gasteiger partial charge in [-0.25, -0.2) is 0 Å². The monoisotopic (exact) mass is 387 g/mol. The minimum absolute atomic E-state index is 0.121. The number of benzene rings is 1. The number of aliphatic imine (C=N–C) groups is 2. The van der Waals surface area contributed by atoms with E-state index in [1.165, 1.54) is 0 Å². The van der Waals surface area contributed by atoms with Crippen molar-refractivity contribution in [2.24, 2.45) is 9.98 Å². The van der Waals surface area contributed by atoms with Crippen molar-refractivity contribution in [3.8, 4) is 0 Å². The summed E-state index contributed by atoms with van der Waals surface area (Å²) in [5, 5.41) is 2.89. The van der Waals surface area contributed by atoms with Gasteiger partial charge in [0.05, 0.1) is 11.6 Å². The van der Waals surface area contributed by atoms with Crippen LogP contribution in [0.5, 0.6) is 0 Å². The number of carbonyl (C=O) groups is 1. The number of nitrogens with one attached hydrogen (secondary N) is 1. The standard InChI is InChI=1S/C18H18BrN3O2/c19-14-6-7-17(24-11-13-4-2-1-3-5-13)16(8-14)18(23)22-15-9-20-12-21-10-15/h1-5,7-10,14-15H,6,11-12H2,(H,22,23). The van der Waals surface area contributed by atoms with Crippen LogP contribution in [0.3, 0.4) is 0 Å². The first-order chi connectivity index (χ1) is 11.7. The summed E-state index contributed by atoms with van der Waals surface area (Å²) >= 11 is 3.54. The molecule has 0 aromatic heterocycles. The summed E-state index contributed by atoms with van der Waals surface area (Å²) in [6.07, 6.45) is 7.99. The van der Waals surface area contributed by atoms with Gasteiger partial charge in [-0.1, -0.05) is 52.3 Å². The van der Waals surface area contributed by atoms with Crippen LogP contribution >= 0.6 is 15.9 Å². The molecule has 1 N–H and O–H groups in total. The molecule has 1 unspecified atom stereocenters. The molecule has 2 aliphatic rings. The Morgan fingerprint density at radius 3 is 2.75 bits per heavy atom. The Morgan fingerprint density at radius 2 is 2.00 bits per heavy atom. The van der Waals surface area contributed by atoms with E-state index in [-0.39, 0.29) is 16.8 Å². The van der Waals surface area contributed by atoms with Gasteiger partial charge in [0.1, 0.15) is 19.0 Å². The molecule has 1 heterocycles. The summed E-state index contributed by atoms with van der Waals surface area (Å²) < 4.78 is 5.88. The number of ether oxygens (including phenoxy) is 1. The Hall–Kier alpha value is -2.21. The summed E-state index contributed by atoms with van der Waals surface area (Å²) in [6, 6.07) is 9.61. The zero-order chi connectivity index (χ0) is 16.8. The van der Waals surface area contributed by atoms with Crippen molar-refractivity contribution in [1.82, 2.24) is 5.32 Å². The molecule has 24 heavy (non-hydrogen) atoms. The first kappa shape index (κ1) is 16.6. The van der Waals surface area contributed by atoms with Crippen LogP contribution < -0.4 is 5.32 Å². The first-order valence-electron chi connectivity index (χ1n) is 7.76. The van der Waals surface area contributed by atoms with E-state index in [1.54, 1.807) is 12.4 Å². The van der Waals surface area contributed by atoms with Crippen LogP contribution in [0.25, 0.3) is 0 Å². The predicted molar refractivity (Wildman–Crippen MR) is 98.5 cm³/mol. The van der Waals surface area contributed by atoms with Gasteiger partial charge < -0.3 is 10.1 Å². The molecule has 6 heteroatoms. The van der Waals surface area contributed by atoms with E-state index in [0.717, 1.165) is 12.0 Å². The predicted octanol–water partition coefficient (Wildman–Crippen LogP) is 2.78. The smallest absolute Gasteiger partial charge is 0.255 e.